The van der Waals surface area contributed by atoms with Gasteiger partial charge < -0.3 is 4.90 Å². The van der Waals surface area contributed by atoms with Crippen LogP contribution in [0.15, 0.2) is 47.4 Å². The molecule has 3 rings (SSSR count). The van der Waals surface area contributed by atoms with Crippen LogP contribution in [0.1, 0.15) is 17.5 Å². The molecule has 28 heavy (non-hydrogen) atoms. The van der Waals surface area contributed by atoms with Gasteiger partial charge in [0.2, 0.25) is 5.91 Å². The summed E-state index contributed by atoms with van der Waals surface area (Å²) < 4.78 is 1.14. The first-order valence-electron chi connectivity index (χ1n) is 9.59. The smallest absolute Gasteiger partial charge is 0.239 e. The molecule has 148 valence electrons. The first kappa shape index (κ1) is 20.8. The lowest BCUT2D eigenvalue weighted by Gasteiger charge is -2.20. The molecule has 0 saturated carbocycles. The van der Waals surface area contributed by atoms with Crippen LogP contribution in [0.25, 0.3) is 10.2 Å². The highest BCUT2D eigenvalue weighted by Crippen LogP contribution is 2.32. The van der Waals surface area contributed by atoms with Gasteiger partial charge in [0, 0.05) is 17.9 Å². The van der Waals surface area contributed by atoms with Crippen LogP contribution >= 0.6 is 23.1 Å². The maximum atomic E-state index is 13.1. The van der Waals surface area contributed by atoms with E-state index >= 15 is 0 Å². The highest BCUT2D eigenvalue weighted by molar-refractivity contribution is 8.00. The molecule has 4 nitrogen and oxygen atoms in total. The number of thiazole rings is 1. The van der Waals surface area contributed by atoms with Gasteiger partial charge in [-0.2, -0.15) is 0 Å². The van der Waals surface area contributed by atoms with Gasteiger partial charge in [0.15, 0.2) is 5.13 Å². The van der Waals surface area contributed by atoms with Gasteiger partial charge >= 0.3 is 0 Å². The number of aryl methyl sites for hydroxylation is 2. The Morgan fingerprint density at radius 2 is 1.89 bits per heavy atom. The topological polar surface area (TPSA) is 37.6 Å². The van der Waals surface area contributed by atoms with E-state index in [1.54, 1.807) is 23.1 Å². The molecule has 0 unspecified atom stereocenters. The van der Waals surface area contributed by atoms with E-state index in [0.717, 1.165) is 33.2 Å². The van der Waals surface area contributed by atoms with Crippen molar-refractivity contribution in [1.82, 2.24) is 4.98 Å². The van der Waals surface area contributed by atoms with Crippen LogP contribution in [-0.2, 0) is 4.79 Å². The first-order valence-corrected chi connectivity index (χ1v) is 11.4. The third-order valence-corrected chi connectivity index (χ3v) is 6.81. The van der Waals surface area contributed by atoms with Crippen molar-refractivity contribution in [2.45, 2.75) is 25.2 Å². The molecule has 1 N–H and O–H groups in total. The van der Waals surface area contributed by atoms with Crippen LogP contribution < -0.4 is 9.80 Å². The molecule has 0 fully saturated rings. The fraction of sp³-hybridized carbons (Fsp3) is 0.364. The minimum Gasteiger partial charge on any atom is -0.340 e. The zero-order valence-corrected chi connectivity index (χ0v) is 18.6. The second-order valence-electron chi connectivity index (χ2n) is 7.31. The Kier molecular flexibility index (Phi) is 7.10. The van der Waals surface area contributed by atoms with Gasteiger partial charge in [-0.05, 0) is 43.2 Å². The third kappa shape index (κ3) is 5.13. The second kappa shape index (κ2) is 9.54. The summed E-state index contributed by atoms with van der Waals surface area (Å²) in [5, 5.41) is 0.816. The SMILES string of the molecule is Cc1ccc2sc(N(CCC[NH+](C)C)C(=O)CSc3ccccc3)nc2c1C. The van der Waals surface area contributed by atoms with Crippen molar-refractivity contribution in [2.75, 3.05) is 37.8 Å². The molecule has 0 bridgehead atoms. The number of amides is 1. The molecule has 0 aliphatic heterocycles. The Labute approximate surface area is 175 Å². The summed E-state index contributed by atoms with van der Waals surface area (Å²) in [5.74, 6) is 0.545. The number of aromatic nitrogens is 1. The number of nitrogens with one attached hydrogen (secondary N) is 1. The number of anilines is 1. The van der Waals surface area contributed by atoms with Crippen molar-refractivity contribution in [1.29, 1.82) is 0 Å². The highest BCUT2D eigenvalue weighted by atomic mass is 32.2. The van der Waals surface area contributed by atoms with Gasteiger partial charge in [0.1, 0.15) is 0 Å². The second-order valence-corrected chi connectivity index (χ2v) is 9.37. The van der Waals surface area contributed by atoms with Crippen molar-refractivity contribution in [3.8, 4) is 0 Å². The molecule has 1 heterocycles. The number of nitrogens with zero attached hydrogens (tertiary/aromatic N) is 2. The normalized spacial score (nSPS) is 11.3. The van der Waals surface area contributed by atoms with Gasteiger partial charge in [-0.15, -0.1) is 11.8 Å². The zero-order valence-electron chi connectivity index (χ0n) is 17.0. The van der Waals surface area contributed by atoms with Crippen molar-refractivity contribution in [2.24, 2.45) is 0 Å². The van der Waals surface area contributed by atoms with Crippen molar-refractivity contribution in [3.63, 3.8) is 0 Å². The number of rotatable bonds is 8. The van der Waals surface area contributed by atoms with Crippen molar-refractivity contribution in [3.05, 3.63) is 53.6 Å². The summed E-state index contributed by atoms with van der Waals surface area (Å²) in [6.07, 6.45) is 0.956. The van der Waals surface area contributed by atoms with Crippen molar-refractivity contribution < 1.29 is 9.69 Å². The number of fused-ring (bicyclic) bond motifs is 1. The molecular weight excluding hydrogens is 386 g/mol. The van der Waals surface area contributed by atoms with E-state index in [1.165, 1.54) is 16.0 Å². The summed E-state index contributed by atoms with van der Waals surface area (Å²) in [6.45, 7) is 5.94. The average Bonchev–Trinajstić information content (AvgIpc) is 3.11. The highest BCUT2D eigenvalue weighted by Gasteiger charge is 2.21. The lowest BCUT2D eigenvalue weighted by Crippen LogP contribution is -3.05. The Balaban J connectivity index is 1.81. The average molecular weight is 415 g/mol. The third-order valence-electron chi connectivity index (χ3n) is 4.77. The van der Waals surface area contributed by atoms with Crippen molar-refractivity contribution >= 4 is 44.4 Å². The molecule has 0 aliphatic rings. The van der Waals surface area contributed by atoms with E-state index in [0.29, 0.717) is 12.3 Å². The number of carbonyl (C=O) groups excluding carboxylic acids is 1. The predicted octanol–water partition coefficient (Wildman–Crippen LogP) is 3.57. The van der Waals surface area contributed by atoms with Crippen LogP contribution in [0.2, 0.25) is 0 Å². The number of thioether (sulfide) groups is 1. The molecule has 0 saturated heterocycles. The lowest BCUT2D eigenvalue weighted by molar-refractivity contribution is -0.858. The fourth-order valence-electron chi connectivity index (χ4n) is 2.99. The summed E-state index contributed by atoms with van der Waals surface area (Å²) in [5.41, 5.74) is 3.45. The lowest BCUT2D eigenvalue weighted by atomic mass is 10.1. The van der Waals surface area contributed by atoms with Gasteiger partial charge in [-0.25, -0.2) is 4.98 Å². The van der Waals surface area contributed by atoms with Crippen LogP contribution in [0.4, 0.5) is 5.13 Å². The molecule has 0 atom stereocenters. The molecule has 6 heteroatoms. The Morgan fingerprint density at radius 1 is 1.14 bits per heavy atom. The Morgan fingerprint density at radius 3 is 2.61 bits per heavy atom. The molecule has 0 spiro atoms. The molecule has 0 radical (unpaired) electrons. The van der Waals surface area contributed by atoms with Gasteiger partial charge in [0.05, 0.1) is 36.6 Å². The quantitative estimate of drug-likeness (QED) is 0.573. The summed E-state index contributed by atoms with van der Waals surface area (Å²) in [6, 6.07) is 14.3. The van der Waals surface area contributed by atoms with E-state index in [4.69, 9.17) is 4.98 Å². The minimum absolute atomic E-state index is 0.121. The summed E-state index contributed by atoms with van der Waals surface area (Å²) >= 11 is 3.20. The number of quaternary nitrogens is 1. The Bertz CT molecular complexity index is 938. The van der Waals surface area contributed by atoms with E-state index in [9.17, 15) is 4.79 Å². The minimum atomic E-state index is 0.121. The number of benzene rings is 2. The maximum absolute atomic E-state index is 13.1. The molecular formula is C22H28N3OS2+. The fourth-order valence-corrected chi connectivity index (χ4v) is 4.85. The molecule has 1 amide bonds. The van der Waals surface area contributed by atoms with E-state index in [2.05, 4.69) is 40.1 Å². The number of hydrogen-bond acceptors (Lipinski definition) is 4. The predicted molar refractivity (Wildman–Crippen MR) is 121 cm³/mol. The molecule has 1 aromatic heterocycles. The molecule has 2 aromatic carbocycles. The van der Waals surface area contributed by atoms with E-state index in [1.807, 2.05) is 35.2 Å². The largest absolute Gasteiger partial charge is 0.340 e. The number of hydrogen-bond donors (Lipinski definition) is 1. The van der Waals surface area contributed by atoms with E-state index < -0.39 is 0 Å². The van der Waals surface area contributed by atoms with Gasteiger partial charge in [-0.1, -0.05) is 35.6 Å². The summed E-state index contributed by atoms with van der Waals surface area (Å²) in [4.78, 5) is 22.3. The van der Waals surface area contributed by atoms with E-state index in [-0.39, 0.29) is 5.91 Å². The molecule has 0 aliphatic carbocycles. The van der Waals surface area contributed by atoms with Gasteiger partial charge in [-0.3, -0.25) is 9.69 Å². The van der Waals surface area contributed by atoms with Crippen LogP contribution in [0.3, 0.4) is 0 Å². The van der Waals surface area contributed by atoms with Crippen LogP contribution in [0, 0.1) is 13.8 Å². The standard InChI is InChI=1S/C22H27N3OS2/c1-16-11-12-19-21(17(16)2)23-22(28-19)25(14-8-13-24(3)4)20(26)15-27-18-9-6-5-7-10-18/h5-7,9-12H,8,13-15H2,1-4H3/p+1. The molecule has 3 aromatic rings. The number of carbonyl (C=O) groups is 1. The Hall–Kier alpha value is -1.89. The summed E-state index contributed by atoms with van der Waals surface area (Å²) in [7, 11) is 4.28. The van der Waals surface area contributed by atoms with Gasteiger partial charge in [0.25, 0.3) is 0 Å². The monoisotopic (exact) mass is 414 g/mol. The first-order chi connectivity index (χ1) is 13.5. The zero-order chi connectivity index (χ0) is 20.1. The van der Waals surface area contributed by atoms with Crippen LogP contribution in [0.5, 0.6) is 0 Å². The van der Waals surface area contributed by atoms with Crippen LogP contribution in [-0.4, -0.2) is 43.8 Å². The maximum Gasteiger partial charge on any atom is 0.239 e.